The van der Waals surface area contributed by atoms with Gasteiger partial charge in [-0.1, -0.05) is 27.7 Å². The van der Waals surface area contributed by atoms with E-state index in [0.717, 1.165) is 0 Å². The minimum absolute atomic E-state index is 0.185. The van der Waals surface area contributed by atoms with Gasteiger partial charge in [-0.15, -0.1) is 0 Å². The van der Waals surface area contributed by atoms with Crippen LogP contribution in [0.4, 0.5) is 0 Å². The highest BCUT2D eigenvalue weighted by molar-refractivity contribution is 5.96. The van der Waals surface area contributed by atoms with Gasteiger partial charge in [0.1, 0.15) is 30.2 Å². The van der Waals surface area contributed by atoms with Crippen molar-refractivity contribution >= 4 is 41.4 Å². The lowest BCUT2D eigenvalue weighted by Gasteiger charge is -2.29. The third-order valence-electron chi connectivity index (χ3n) is 7.70. The van der Waals surface area contributed by atoms with Crippen molar-refractivity contribution in [3.8, 4) is 0 Å². The Morgan fingerprint density at radius 1 is 0.872 bits per heavy atom. The highest BCUT2D eigenvalue weighted by Crippen LogP contribution is 2.19. The van der Waals surface area contributed by atoms with Gasteiger partial charge in [0.15, 0.2) is 0 Å². The summed E-state index contributed by atoms with van der Waals surface area (Å²) in [6, 6.07) is -6.54. The van der Waals surface area contributed by atoms with Crippen molar-refractivity contribution in [2.24, 2.45) is 23.3 Å². The second-order valence-electron chi connectivity index (χ2n) is 12.6. The van der Waals surface area contributed by atoms with Crippen LogP contribution in [-0.2, 0) is 33.6 Å². The Morgan fingerprint density at radius 2 is 1.53 bits per heavy atom. The number of unbranched alkanes of at least 4 members (excludes halogenated alkanes) is 1. The number of carboxylic acid groups (broad SMARTS) is 1. The minimum atomic E-state index is -1.53. The summed E-state index contributed by atoms with van der Waals surface area (Å²) in [7, 11) is 0. The Labute approximate surface area is 275 Å². The number of likely N-dealkylation sites (tertiary alicyclic amines) is 1. The van der Waals surface area contributed by atoms with Crippen LogP contribution < -0.4 is 38.1 Å². The molecule has 47 heavy (non-hydrogen) atoms. The summed E-state index contributed by atoms with van der Waals surface area (Å²) in [5, 5.41) is 30.9. The molecular weight excluding hydrogens is 616 g/mol. The van der Waals surface area contributed by atoms with Crippen molar-refractivity contribution in [2.45, 2.75) is 109 Å². The molecule has 0 aromatic carbocycles. The maximum Gasteiger partial charge on any atom is 0.328 e. The van der Waals surface area contributed by atoms with Gasteiger partial charge in [-0.3, -0.25) is 28.8 Å². The van der Waals surface area contributed by atoms with Crippen LogP contribution in [-0.4, -0.2) is 119 Å². The molecule has 0 bridgehead atoms. The Morgan fingerprint density at radius 3 is 2.09 bits per heavy atom. The average Bonchev–Trinajstić information content (AvgIpc) is 3.49. The fourth-order valence-electron chi connectivity index (χ4n) is 5.08. The number of hydrogen-bond acceptors (Lipinski definition) is 10. The first kappa shape index (κ1) is 41.2. The van der Waals surface area contributed by atoms with Gasteiger partial charge in [0, 0.05) is 6.54 Å². The lowest BCUT2D eigenvalue weighted by molar-refractivity contribution is -0.145. The summed E-state index contributed by atoms with van der Waals surface area (Å²) in [5.41, 5.74) is 11.5. The lowest BCUT2D eigenvalue weighted by atomic mass is 10.0. The molecule has 0 aromatic rings. The van der Waals surface area contributed by atoms with Crippen LogP contribution >= 0.6 is 0 Å². The number of rotatable bonds is 20. The summed E-state index contributed by atoms with van der Waals surface area (Å²) in [5.74, 6) is -5.36. The van der Waals surface area contributed by atoms with Gasteiger partial charge in [-0.05, 0) is 63.8 Å². The van der Waals surface area contributed by atoms with Crippen molar-refractivity contribution in [3.63, 3.8) is 0 Å². The van der Waals surface area contributed by atoms with E-state index in [1.807, 2.05) is 13.8 Å². The van der Waals surface area contributed by atoms with Crippen LogP contribution in [0.15, 0.2) is 0 Å². The molecule has 0 radical (unpaired) electrons. The molecule has 6 atom stereocenters. The fraction of sp³-hybridized carbons (Fsp3) is 0.767. The molecule has 1 saturated heterocycles. The van der Waals surface area contributed by atoms with E-state index in [4.69, 9.17) is 16.6 Å². The first-order valence-corrected chi connectivity index (χ1v) is 16.1. The maximum absolute atomic E-state index is 13.4. The molecular formula is C30H54N8O9. The van der Waals surface area contributed by atoms with Crippen molar-refractivity contribution in [2.75, 3.05) is 26.2 Å². The molecule has 268 valence electrons. The second kappa shape index (κ2) is 20.4. The summed E-state index contributed by atoms with van der Waals surface area (Å²) in [6.07, 6.45) is 2.40. The molecule has 6 amide bonds. The maximum atomic E-state index is 13.4. The smallest absolute Gasteiger partial charge is 0.328 e. The first-order chi connectivity index (χ1) is 22.0. The number of aliphatic carboxylic acids is 1. The number of hydrogen-bond donors (Lipinski definition) is 9. The number of nitrogens with zero attached hydrogens (tertiary/aromatic N) is 1. The van der Waals surface area contributed by atoms with E-state index >= 15 is 0 Å². The van der Waals surface area contributed by atoms with Crippen LogP contribution in [0.1, 0.15) is 73.1 Å². The number of aliphatic hydroxyl groups excluding tert-OH is 1. The van der Waals surface area contributed by atoms with Crippen LogP contribution in [0, 0.1) is 11.8 Å². The van der Waals surface area contributed by atoms with E-state index in [0.29, 0.717) is 32.2 Å². The molecule has 0 aromatic heterocycles. The van der Waals surface area contributed by atoms with Gasteiger partial charge in [0.25, 0.3) is 0 Å². The SMILES string of the molecule is CC(C)C[C@H](N)C(=O)NCC(=O)N[C@H](C(=O)N[C@@H](CCCCN)C(=O)N[C@@H](C)C(=O)N1CCC[C@H]1C(=O)N[C@@H](CO)C(=O)O)C(C)C. The third-order valence-corrected chi connectivity index (χ3v) is 7.70. The number of carbonyl (C=O) groups excluding carboxylic acids is 6. The monoisotopic (exact) mass is 670 g/mol. The number of nitrogens with two attached hydrogens (primary N) is 2. The molecule has 1 heterocycles. The van der Waals surface area contributed by atoms with E-state index in [1.165, 1.54) is 11.8 Å². The molecule has 0 saturated carbocycles. The van der Waals surface area contributed by atoms with Crippen molar-refractivity contribution in [1.29, 1.82) is 0 Å². The molecule has 0 spiro atoms. The van der Waals surface area contributed by atoms with Crippen LogP contribution in [0.25, 0.3) is 0 Å². The van der Waals surface area contributed by atoms with Crippen LogP contribution in [0.2, 0.25) is 0 Å². The predicted molar refractivity (Wildman–Crippen MR) is 171 cm³/mol. The topological polar surface area (TPSA) is 275 Å². The molecule has 1 rings (SSSR count). The molecule has 1 fully saturated rings. The highest BCUT2D eigenvalue weighted by Gasteiger charge is 2.38. The Bertz CT molecular complexity index is 1100. The molecule has 11 N–H and O–H groups in total. The number of carboxylic acids is 1. The van der Waals surface area contributed by atoms with Crippen LogP contribution in [0.5, 0.6) is 0 Å². The van der Waals surface area contributed by atoms with E-state index in [9.17, 15) is 38.7 Å². The summed E-state index contributed by atoms with van der Waals surface area (Å²) < 4.78 is 0. The average molecular weight is 671 g/mol. The molecule has 17 heteroatoms. The zero-order chi connectivity index (χ0) is 35.8. The van der Waals surface area contributed by atoms with E-state index < -0.39 is 96.7 Å². The minimum Gasteiger partial charge on any atom is -0.480 e. The quantitative estimate of drug-likeness (QED) is 0.0601. The number of nitrogens with one attached hydrogen (secondary N) is 5. The fourth-order valence-corrected chi connectivity index (χ4v) is 5.08. The summed E-state index contributed by atoms with van der Waals surface area (Å²) in [6.45, 7) is 8.00. The lowest BCUT2D eigenvalue weighted by Crippen LogP contribution is -2.59. The van der Waals surface area contributed by atoms with E-state index in [2.05, 4.69) is 26.6 Å². The highest BCUT2D eigenvalue weighted by atomic mass is 16.4. The van der Waals surface area contributed by atoms with E-state index in [-0.39, 0.29) is 25.3 Å². The molecule has 1 aliphatic heterocycles. The third kappa shape index (κ3) is 13.8. The standard InChI is InChI=1S/C30H54N8O9/c1-16(2)13-19(32)25(41)33-14-23(40)37-24(17(3)4)28(44)35-20(9-6-7-11-31)26(42)34-18(5)29(45)38-12-8-10-22(38)27(43)36-21(15-39)30(46)47/h16-22,24,39H,6-15,31-32H2,1-5H3,(H,33,41)(H,34,42)(H,35,44)(H,36,43)(H,37,40)(H,46,47)/t18-,19-,20-,21-,22-,24-/m0/s1. The molecule has 0 aliphatic carbocycles. The van der Waals surface area contributed by atoms with Crippen molar-refractivity contribution in [1.82, 2.24) is 31.5 Å². The summed E-state index contributed by atoms with van der Waals surface area (Å²) in [4.78, 5) is 90.0. The zero-order valence-electron chi connectivity index (χ0n) is 28.0. The predicted octanol–water partition coefficient (Wildman–Crippen LogP) is -2.71. The van der Waals surface area contributed by atoms with Gasteiger partial charge >= 0.3 is 5.97 Å². The molecule has 17 nitrogen and oxygen atoms in total. The molecule has 0 unspecified atom stereocenters. The first-order valence-electron chi connectivity index (χ1n) is 16.1. The van der Waals surface area contributed by atoms with Gasteiger partial charge in [0.2, 0.25) is 35.4 Å². The van der Waals surface area contributed by atoms with Gasteiger partial charge in [-0.25, -0.2) is 4.79 Å². The van der Waals surface area contributed by atoms with E-state index in [1.54, 1.807) is 13.8 Å². The summed E-state index contributed by atoms with van der Waals surface area (Å²) >= 11 is 0. The van der Waals surface area contributed by atoms with Gasteiger partial charge in [0.05, 0.1) is 19.2 Å². The largest absolute Gasteiger partial charge is 0.480 e. The zero-order valence-corrected chi connectivity index (χ0v) is 28.0. The Balaban J connectivity index is 2.93. The number of aliphatic hydroxyl groups is 1. The number of amides is 6. The van der Waals surface area contributed by atoms with Crippen LogP contribution in [0.3, 0.4) is 0 Å². The number of carbonyl (C=O) groups is 7. The Kier molecular flexibility index (Phi) is 17.9. The van der Waals surface area contributed by atoms with Crippen molar-refractivity contribution < 1.29 is 43.8 Å². The van der Waals surface area contributed by atoms with Gasteiger partial charge in [-0.2, -0.15) is 0 Å². The second-order valence-corrected chi connectivity index (χ2v) is 12.6. The molecule has 1 aliphatic rings. The Hall–Kier alpha value is -3.83. The van der Waals surface area contributed by atoms with Crippen molar-refractivity contribution in [3.05, 3.63) is 0 Å². The normalized spacial score (nSPS) is 17.7. The van der Waals surface area contributed by atoms with Gasteiger partial charge < -0.3 is 53.2 Å².